The van der Waals surface area contributed by atoms with Gasteiger partial charge in [-0.15, -0.1) is 5.10 Å². The van der Waals surface area contributed by atoms with Crippen LogP contribution in [0.4, 0.5) is 5.95 Å². The van der Waals surface area contributed by atoms with Crippen LogP contribution in [0.3, 0.4) is 0 Å². The molecular weight excluding hydrogens is 256 g/mol. The van der Waals surface area contributed by atoms with Gasteiger partial charge < -0.3 is 4.90 Å². The molecule has 1 N–H and O–H groups in total. The van der Waals surface area contributed by atoms with E-state index in [-0.39, 0.29) is 0 Å². The van der Waals surface area contributed by atoms with Gasteiger partial charge in [0, 0.05) is 19.1 Å². The summed E-state index contributed by atoms with van der Waals surface area (Å²) in [5, 5.41) is 7.53. The molecule has 1 aromatic heterocycles. The summed E-state index contributed by atoms with van der Waals surface area (Å²) in [5.74, 6) is 1.95. The minimum absolute atomic E-state index is 0.559. The van der Waals surface area contributed by atoms with E-state index < -0.39 is 0 Å². The van der Waals surface area contributed by atoms with E-state index in [1.165, 1.54) is 44.9 Å². The third-order valence-electron chi connectivity index (χ3n) is 4.47. The Morgan fingerprint density at radius 3 is 2.63 bits per heavy atom. The van der Waals surface area contributed by atoms with Gasteiger partial charge in [0.1, 0.15) is 0 Å². The van der Waals surface area contributed by atoms with Crippen LogP contribution >= 0.6 is 12.2 Å². The van der Waals surface area contributed by atoms with Gasteiger partial charge in [-0.1, -0.05) is 19.3 Å². The molecule has 2 fully saturated rings. The van der Waals surface area contributed by atoms with Crippen molar-refractivity contribution in [3.8, 4) is 0 Å². The molecule has 1 heterocycles. The standard InChI is InChI=1S/C14H24N4S/c1-2-17(10-11-8-9-11)13-15-16-14(19)18(13)12-6-4-3-5-7-12/h11-12H,2-10H2,1H3,(H,16,19). The molecule has 0 aliphatic heterocycles. The summed E-state index contributed by atoms with van der Waals surface area (Å²) in [6.07, 6.45) is 9.29. The summed E-state index contributed by atoms with van der Waals surface area (Å²) in [7, 11) is 0. The Morgan fingerprint density at radius 1 is 1.26 bits per heavy atom. The molecule has 0 bridgehead atoms. The lowest BCUT2D eigenvalue weighted by Crippen LogP contribution is -2.29. The predicted molar refractivity (Wildman–Crippen MR) is 80.1 cm³/mol. The lowest BCUT2D eigenvalue weighted by Gasteiger charge is -2.28. The molecule has 5 heteroatoms. The Bertz CT molecular complexity index is 468. The monoisotopic (exact) mass is 280 g/mol. The van der Waals surface area contributed by atoms with Gasteiger partial charge in [-0.2, -0.15) is 0 Å². The van der Waals surface area contributed by atoms with Crippen LogP contribution in [0.2, 0.25) is 0 Å². The van der Waals surface area contributed by atoms with E-state index in [4.69, 9.17) is 12.2 Å². The van der Waals surface area contributed by atoms with Crippen molar-refractivity contribution in [1.82, 2.24) is 14.8 Å². The van der Waals surface area contributed by atoms with Gasteiger partial charge in [-0.3, -0.25) is 4.57 Å². The minimum atomic E-state index is 0.559. The zero-order chi connectivity index (χ0) is 13.2. The van der Waals surface area contributed by atoms with Crippen LogP contribution in [-0.2, 0) is 0 Å². The minimum Gasteiger partial charge on any atom is -0.341 e. The number of H-pyrrole nitrogens is 1. The lowest BCUT2D eigenvalue weighted by atomic mass is 9.95. The molecule has 0 atom stereocenters. The third-order valence-corrected chi connectivity index (χ3v) is 4.75. The van der Waals surface area contributed by atoms with Crippen molar-refractivity contribution in [1.29, 1.82) is 0 Å². The van der Waals surface area contributed by atoms with Crippen LogP contribution in [-0.4, -0.2) is 27.9 Å². The second kappa shape index (κ2) is 5.65. The molecule has 19 heavy (non-hydrogen) atoms. The third kappa shape index (κ3) is 2.86. The fourth-order valence-electron chi connectivity index (χ4n) is 3.15. The highest BCUT2D eigenvalue weighted by Crippen LogP contribution is 2.34. The second-order valence-electron chi connectivity index (χ2n) is 5.97. The molecule has 2 saturated carbocycles. The van der Waals surface area contributed by atoms with E-state index >= 15 is 0 Å². The molecule has 0 saturated heterocycles. The Balaban J connectivity index is 1.85. The van der Waals surface area contributed by atoms with Gasteiger partial charge in [0.15, 0.2) is 4.77 Å². The van der Waals surface area contributed by atoms with Crippen LogP contribution in [0.25, 0.3) is 0 Å². The number of hydrogen-bond acceptors (Lipinski definition) is 3. The summed E-state index contributed by atoms with van der Waals surface area (Å²) >= 11 is 5.47. The maximum atomic E-state index is 5.47. The molecule has 2 aliphatic carbocycles. The zero-order valence-corrected chi connectivity index (χ0v) is 12.6. The first-order valence-electron chi connectivity index (χ1n) is 7.71. The Hall–Kier alpha value is -0.840. The summed E-state index contributed by atoms with van der Waals surface area (Å²) < 4.78 is 3.09. The van der Waals surface area contributed by atoms with Gasteiger partial charge in [-0.05, 0) is 50.7 Å². The van der Waals surface area contributed by atoms with Crippen molar-refractivity contribution in [2.24, 2.45) is 5.92 Å². The van der Waals surface area contributed by atoms with Crippen molar-refractivity contribution in [3.05, 3.63) is 4.77 Å². The first-order chi connectivity index (χ1) is 9.29. The van der Waals surface area contributed by atoms with Crippen LogP contribution in [0.1, 0.15) is 57.9 Å². The van der Waals surface area contributed by atoms with E-state index in [1.807, 2.05) is 0 Å². The van der Waals surface area contributed by atoms with E-state index in [0.29, 0.717) is 6.04 Å². The molecule has 1 aromatic rings. The summed E-state index contributed by atoms with van der Waals surface area (Å²) in [5.41, 5.74) is 0. The number of nitrogens with one attached hydrogen (secondary N) is 1. The smallest absolute Gasteiger partial charge is 0.225 e. The summed E-state index contributed by atoms with van der Waals surface area (Å²) in [6.45, 7) is 4.37. The topological polar surface area (TPSA) is 36.9 Å². The second-order valence-corrected chi connectivity index (χ2v) is 6.36. The summed E-state index contributed by atoms with van der Waals surface area (Å²) in [4.78, 5) is 2.40. The largest absolute Gasteiger partial charge is 0.341 e. The zero-order valence-electron chi connectivity index (χ0n) is 11.8. The van der Waals surface area contributed by atoms with Crippen LogP contribution in [0, 0.1) is 10.7 Å². The molecule has 0 spiro atoms. The molecule has 4 nitrogen and oxygen atoms in total. The number of aromatic amines is 1. The summed E-state index contributed by atoms with van der Waals surface area (Å²) in [6, 6.07) is 0.559. The van der Waals surface area contributed by atoms with E-state index in [1.54, 1.807) is 0 Å². The van der Waals surface area contributed by atoms with Crippen LogP contribution in [0.15, 0.2) is 0 Å². The number of nitrogens with zero attached hydrogens (tertiary/aromatic N) is 3. The highest BCUT2D eigenvalue weighted by atomic mass is 32.1. The van der Waals surface area contributed by atoms with Gasteiger partial charge >= 0.3 is 0 Å². The maximum absolute atomic E-state index is 5.47. The first-order valence-corrected chi connectivity index (χ1v) is 8.12. The van der Waals surface area contributed by atoms with Gasteiger partial charge in [-0.25, -0.2) is 5.10 Å². The van der Waals surface area contributed by atoms with Crippen molar-refractivity contribution in [2.45, 2.75) is 57.9 Å². The lowest BCUT2D eigenvalue weighted by molar-refractivity contribution is 0.350. The van der Waals surface area contributed by atoms with Crippen molar-refractivity contribution < 1.29 is 0 Å². The van der Waals surface area contributed by atoms with Gasteiger partial charge in [0.25, 0.3) is 0 Å². The van der Waals surface area contributed by atoms with Crippen LogP contribution < -0.4 is 4.90 Å². The fraction of sp³-hybridized carbons (Fsp3) is 0.857. The first kappa shape index (κ1) is 13.2. The fourth-order valence-corrected chi connectivity index (χ4v) is 3.43. The Kier molecular flexibility index (Phi) is 3.91. The van der Waals surface area contributed by atoms with Crippen molar-refractivity contribution in [3.63, 3.8) is 0 Å². The molecule has 106 valence electrons. The van der Waals surface area contributed by atoms with Crippen molar-refractivity contribution in [2.75, 3.05) is 18.0 Å². The van der Waals surface area contributed by atoms with Crippen LogP contribution in [0.5, 0.6) is 0 Å². The van der Waals surface area contributed by atoms with E-state index in [9.17, 15) is 0 Å². The number of rotatable bonds is 5. The molecule has 0 amide bonds. The Morgan fingerprint density at radius 2 is 2.00 bits per heavy atom. The average molecular weight is 280 g/mol. The number of aromatic nitrogens is 3. The number of anilines is 1. The highest BCUT2D eigenvalue weighted by Gasteiger charge is 2.27. The van der Waals surface area contributed by atoms with E-state index in [2.05, 4.69) is 26.6 Å². The van der Waals surface area contributed by atoms with Crippen molar-refractivity contribution >= 4 is 18.2 Å². The molecule has 0 aromatic carbocycles. The molecular formula is C14H24N4S. The normalized spacial score (nSPS) is 20.7. The quantitative estimate of drug-likeness (QED) is 0.836. The predicted octanol–water partition coefficient (Wildman–Crippen LogP) is 3.68. The Labute approximate surface area is 120 Å². The van der Waals surface area contributed by atoms with Gasteiger partial charge in [0.2, 0.25) is 5.95 Å². The maximum Gasteiger partial charge on any atom is 0.225 e. The van der Waals surface area contributed by atoms with Gasteiger partial charge in [0.05, 0.1) is 0 Å². The molecule has 2 aliphatic rings. The SMILES string of the molecule is CCN(CC1CC1)c1n[nH]c(=S)n1C1CCCCC1. The molecule has 0 unspecified atom stereocenters. The number of hydrogen-bond donors (Lipinski definition) is 1. The molecule has 0 radical (unpaired) electrons. The average Bonchev–Trinajstić information content (AvgIpc) is 3.18. The van der Waals surface area contributed by atoms with E-state index in [0.717, 1.165) is 29.7 Å². The molecule has 3 rings (SSSR count). The highest BCUT2D eigenvalue weighted by molar-refractivity contribution is 7.71.